The molecule has 6 nitrogen and oxygen atoms in total. The number of aromatic nitrogens is 2. The van der Waals surface area contributed by atoms with Crippen LogP contribution in [0.3, 0.4) is 0 Å². The molecule has 0 aliphatic rings. The van der Waals surface area contributed by atoms with Gasteiger partial charge in [-0.1, -0.05) is 0 Å². The van der Waals surface area contributed by atoms with Gasteiger partial charge in [-0.2, -0.15) is 0 Å². The topological polar surface area (TPSA) is 84.3 Å². The molecule has 0 spiro atoms. The van der Waals surface area contributed by atoms with Crippen molar-refractivity contribution in [2.24, 2.45) is 0 Å². The molecule has 0 aromatic carbocycles. The van der Waals surface area contributed by atoms with E-state index in [2.05, 4.69) is 15.3 Å². The Kier molecular flexibility index (Phi) is 4.65. The molecule has 6 heteroatoms. The zero-order valence-electron chi connectivity index (χ0n) is 9.30. The van der Waals surface area contributed by atoms with Gasteiger partial charge in [0.1, 0.15) is 5.82 Å². The average molecular weight is 225 g/mol. The number of carbonyl (C=O) groups is 1. The van der Waals surface area contributed by atoms with Crippen LogP contribution in [0.1, 0.15) is 24.3 Å². The van der Waals surface area contributed by atoms with Crippen molar-refractivity contribution in [2.45, 2.75) is 20.0 Å². The molecule has 1 aromatic rings. The van der Waals surface area contributed by atoms with Crippen molar-refractivity contribution >= 4 is 11.8 Å². The molecule has 1 heterocycles. The zero-order valence-corrected chi connectivity index (χ0v) is 9.30. The molecule has 2 N–H and O–H groups in total. The van der Waals surface area contributed by atoms with Gasteiger partial charge in [0.15, 0.2) is 5.69 Å². The van der Waals surface area contributed by atoms with Crippen LogP contribution in [-0.4, -0.2) is 40.3 Å². The van der Waals surface area contributed by atoms with Crippen molar-refractivity contribution in [1.82, 2.24) is 9.97 Å². The lowest BCUT2D eigenvalue weighted by atomic mass is 10.4. The monoisotopic (exact) mass is 225 g/mol. The van der Waals surface area contributed by atoms with E-state index in [-0.39, 0.29) is 11.8 Å². The fourth-order valence-electron chi connectivity index (χ4n) is 1.03. The third kappa shape index (κ3) is 4.22. The summed E-state index contributed by atoms with van der Waals surface area (Å²) < 4.78 is 5.31. The number of ether oxygens (including phenoxy) is 1. The summed E-state index contributed by atoms with van der Waals surface area (Å²) in [6.07, 6.45) is 2.86. The van der Waals surface area contributed by atoms with Crippen LogP contribution in [0.4, 0.5) is 5.82 Å². The number of nitrogens with zero attached hydrogens (tertiary/aromatic N) is 2. The number of hydrogen-bond donors (Lipinski definition) is 2. The van der Waals surface area contributed by atoms with Crippen LogP contribution in [0.25, 0.3) is 0 Å². The minimum Gasteiger partial charge on any atom is -0.476 e. The molecule has 0 aliphatic carbocycles. The molecule has 0 bridgehead atoms. The Bertz CT molecular complexity index is 355. The largest absolute Gasteiger partial charge is 0.476 e. The van der Waals surface area contributed by atoms with Crippen LogP contribution in [-0.2, 0) is 4.74 Å². The Morgan fingerprint density at radius 1 is 1.56 bits per heavy atom. The Labute approximate surface area is 93.7 Å². The summed E-state index contributed by atoms with van der Waals surface area (Å²) in [5.41, 5.74) is -0.0743. The molecule has 0 amide bonds. The normalized spacial score (nSPS) is 10.4. The van der Waals surface area contributed by atoms with Gasteiger partial charge in [0, 0.05) is 6.54 Å². The van der Waals surface area contributed by atoms with Gasteiger partial charge < -0.3 is 15.2 Å². The van der Waals surface area contributed by atoms with Gasteiger partial charge in [-0.15, -0.1) is 0 Å². The molecular weight excluding hydrogens is 210 g/mol. The maximum atomic E-state index is 10.6. The van der Waals surface area contributed by atoms with Gasteiger partial charge in [0.05, 0.1) is 25.1 Å². The molecule has 0 atom stereocenters. The molecular formula is C10H15N3O3. The SMILES string of the molecule is CC(C)OCCNc1cncc(C(=O)O)n1. The predicted octanol–water partition coefficient (Wildman–Crippen LogP) is 1.01. The van der Waals surface area contributed by atoms with Crippen molar-refractivity contribution < 1.29 is 14.6 Å². The van der Waals surface area contributed by atoms with Crippen molar-refractivity contribution in [3.05, 3.63) is 18.1 Å². The third-order valence-electron chi connectivity index (χ3n) is 1.71. The maximum absolute atomic E-state index is 10.6. The Hall–Kier alpha value is -1.69. The van der Waals surface area contributed by atoms with Crippen LogP contribution in [0, 0.1) is 0 Å². The van der Waals surface area contributed by atoms with Crippen molar-refractivity contribution in [2.75, 3.05) is 18.5 Å². The van der Waals surface area contributed by atoms with Gasteiger partial charge in [0.25, 0.3) is 0 Å². The van der Waals surface area contributed by atoms with Crippen LogP contribution in [0.15, 0.2) is 12.4 Å². The molecule has 16 heavy (non-hydrogen) atoms. The Balaban J connectivity index is 2.42. The highest BCUT2D eigenvalue weighted by atomic mass is 16.5. The summed E-state index contributed by atoms with van der Waals surface area (Å²) in [5.74, 6) is -0.651. The lowest BCUT2D eigenvalue weighted by Crippen LogP contribution is -2.14. The molecule has 0 saturated carbocycles. The van der Waals surface area contributed by atoms with E-state index in [4.69, 9.17) is 9.84 Å². The van der Waals surface area contributed by atoms with Crippen LogP contribution in [0.2, 0.25) is 0 Å². The first-order valence-corrected chi connectivity index (χ1v) is 5.00. The van der Waals surface area contributed by atoms with Crippen molar-refractivity contribution in [3.63, 3.8) is 0 Å². The minimum absolute atomic E-state index is 0.0743. The van der Waals surface area contributed by atoms with Gasteiger partial charge in [-0.3, -0.25) is 4.98 Å². The number of aromatic carboxylic acids is 1. The van der Waals surface area contributed by atoms with E-state index in [1.54, 1.807) is 0 Å². The highest BCUT2D eigenvalue weighted by molar-refractivity contribution is 5.85. The first-order chi connectivity index (χ1) is 7.59. The fraction of sp³-hybridized carbons (Fsp3) is 0.500. The summed E-state index contributed by atoms with van der Waals surface area (Å²) in [6.45, 7) is 5.00. The lowest BCUT2D eigenvalue weighted by Gasteiger charge is -2.08. The third-order valence-corrected chi connectivity index (χ3v) is 1.71. The van der Waals surface area contributed by atoms with E-state index in [1.807, 2.05) is 13.8 Å². The standard InChI is InChI=1S/C10H15N3O3/c1-7(2)16-4-3-12-9-6-11-5-8(13-9)10(14)15/h5-7H,3-4H2,1-2H3,(H,12,13)(H,14,15). The molecule has 88 valence electrons. The molecule has 1 aromatic heterocycles. The highest BCUT2D eigenvalue weighted by Crippen LogP contribution is 2.01. The minimum atomic E-state index is -1.09. The van der Waals surface area contributed by atoms with E-state index in [1.165, 1.54) is 12.4 Å². The Morgan fingerprint density at radius 2 is 2.31 bits per heavy atom. The molecule has 0 unspecified atom stereocenters. The number of nitrogens with one attached hydrogen (secondary N) is 1. The number of hydrogen-bond acceptors (Lipinski definition) is 5. The quantitative estimate of drug-likeness (QED) is 0.703. The smallest absolute Gasteiger partial charge is 0.356 e. The van der Waals surface area contributed by atoms with Gasteiger partial charge in [-0.05, 0) is 13.8 Å². The Morgan fingerprint density at radius 3 is 2.94 bits per heavy atom. The maximum Gasteiger partial charge on any atom is 0.356 e. The second-order valence-corrected chi connectivity index (χ2v) is 3.44. The molecule has 0 saturated heterocycles. The van der Waals surface area contributed by atoms with Crippen LogP contribution < -0.4 is 5.32 Å². The van der Waals surface area contributed by atoms with Gasteiger partial charge in [-0.25, -0.2) is 9.78 Å². The van der Waals surface area contributed by atoms with E-state index in [0.717, 1.165) is 0 Å². The van der Waals surface area contributed by atoms with E-state index < -0.39 is 5.97 Å². The summed E-state index contributed by atoms with van der Waals surface area (Å²) >= 11 is 0. The van der Waals surface area contributed by atoms with Crippen LogP contribution in [0.5, 0.6) is 0 Å². The van der Waals surface area contributed by atoms with Crippen molar-refractivity contribution in [3.8, 4) is 0 Å². The molecule has 0 aliphatic heterocycles. The molecule has 0 fully saturated rings. The number of carboxylic acid groups (broad SMARTS) is 1. The second-order valence-electron chi connectivity index (χ2n) is 3.44. The fourth-order valence-corrected chi connectivity index (χ4v) is 1.03. The number of anilines is 1. The summed E-state index contributed by atoms with van der Waals surface area (Å²) in [4.78, 5) is 18.3. The lowest BCUT2D eigenvalue weighted by molar-refractivity contribution is 0.0690. The second kappa shape index (κ2) is 6.02. The van der Waals surface area contributed by atoms with E-state index in [9.17, 15) is 4.79 Å². The summed E-state index contributed by atoms with van der Waals surface area (Å²) in [6, 6.07) is 0. The first kappa shape index (κ1) is 12.4. The average Bonchev–Trinajstić information content (AvgIpc) is 2.24. The van der Waals surface area contributed by atoms with Crippen LogP contribution >= 0.6 is 0 Å². The van der Waals surface area contributed by atoms with Gasteiger partial charge in [0.2, 0.25) is 0 Å². The highest BCUT2D eigenvalue weighted by Gasteiger charge is 2.05. The predicted molar refractivity (Wildman–Crippen MR) is 58.6 cm³/mol. The van der Waals surface area contributed by atoms with Crippen molar-refractivity contribution in [1.29, 1.82) is 0 Å². The zero-order chi connectivity index (χ0) is 12.0. The number of carboxylic acids is 1. The molecule has 1 rings (SSSR count). The first-order valence-electron chi connectivity index (χ1n) is 5.00. The van der Waals surface area contributed by atoms with E-state index >= 15 is 0 Å². The summed E-state index contributed by atoms with van der Waals surface area (Å²) in [5, 5.41) is 11.6. The summed E-state index contributed by atoms with van der Waals surface area (Å²) in [7, 11) is 0. The van der Waals surface area contributed by atoms with Gasteiger partial charge >= 0.3 is 5.97 Å². The van der Waals surface area contributed by atoms with E-state index in [0.29, 0.717) is 19.0 Å². The number of rotatable bonds is 6. The molecule has 0 radical (unpaired) electrons.